The fraction of sp³-hybridized carbons (Fsp3) is 0.444. The van der Waals surface area contributed by atoms with Crippen LogP contribution in [0.15, 0.2) is 18.2 Å². The SMILES string of the molecule is CC1CN(c2cccc(N)n2)C1. The number of nitrogens with zero attached hydrogens (tertiary/aromatic N) is 2. The average molecular weight is 163 g/mol. The molecule has 12 heavy (non-hydrogen) atoms. The average Bonchev–Trinajstić information content (AvgIpc) is 1.99. The zero-order chi connectivity index (χ0) is 8.55. The first kappa shape index (κ1) is 7.40. The minimum Gasteiger partial charge on any atom is -0.384 e. The molecule has 1 aliphatic heterocycles. The molecule has 3 heteroatoms. The fourth-order valence-corrected chi connectivity index (χ4v) is 1.50. The Kier molecular flexibility index (Phi) is 1.64. The Morgan fingerprint density at radius 2 is 2.25 bits per heavy atom. The van der Waals surface area contributed by atoms with Crippen LogP contribution in [-0.2, 0) is 0 Å². The van der Waals surface area contributed by atoms with Gasteiger partial charge in [-0.15, -0.1) is 0 Å². The zero-order valence-corrected chi connectivity index (χ0v) is 7.20. The molecule has 0 spiro atoms. The molecule has 0 unspecified atom stereocenters. The Hall–Kier alpha value is -1.25. The second kappa shape index (κ2) is 2.66. The summed E-state index contributed by atoms with van der Waals surface area (Å²) in [6.45, 7) is 4.45. The summed E-state index contributed by atoms with van der Waals surface area (Å²) in [5.41, 5.74) is 5.57. The summed E-state index contributed by atoms with van der Waals surface area (Å²) in [7, 11) is 0. The van der Waals surface area contributed by atoms with Gasteiger partial charge in [0, 0.05) is 13.1 Å². The maximum Gasteiger partial charge on any atom is 0.130 e. The number of nitrogens with two attached hydrogens (primary N) is 1. The van der Waals surface area contributed by atoms with Crippen molar-refractivity contribution in [2.45, 2.75) is 6.92 Å². The molecule has 0 atom stereocenters. The Labute approximate surface area is 72.2 Å². The van der Waals surface area contributed by atoms with Crippen LogP contribution in [0.5, 0.6) is 0 Å². The van der Waals surface area contributed by atoms with E-state index in [0.717, 1.165) is 24.8 Å². The number of hydrogen-bond acceptors (Lipinski definition) is 3. The molecule has 0 aromatic carbocycles. The molecule has 0 bridgehead atoms. The van der Waals surface area contributed by atoms with Crippen LogP contribution < -0.4 is 10.6 Å². The summed E-state index contributed by atoms with van der Waals surface area (Å²) in [5.74, 6) is 2.41. The van der Waals surface area contributed by atoms with Crippen molar-refractivity contribution in [3.63, 3.8) is 0 Å². The summed E-state index contributed by atoms with van der Waals surface area (Å²) in [6.07, 6.45) is 0. The molecule has 0 amide bonds. The van der Waals surface area contributed by atoms with E-state index in [0.29, 0.717) is 5.82 Å². The lowest BCUT2D eigenvalue weighted by molar-refractivity contribution is 0.443. The molecule has 1 saturated heterocycles. The fourth-order valence-electron chi connectivity index (χ4n) is 1.50. The monoisotopic (exact) mass is 163 g/mol. The summed E-state index contributed by atoms with van der Waals surface area (Å²) >= 11 is 0. The van der Waals surface area contributed by atoms with E-state index in [-0.39, 0.29) is 0 Å². The molecule has 2 N–H and O–H groups in total. The van der Waals surface area contributed by atoms with Gasteiger partial charge in [-0.1, -0.05) is 13.0 Å². The van der Waals surface area contributed by atoms with Gasteiger partial charge >= 0.3 is 0 Å². The number of nitrogen functional groups attached to an aromatic ring is 1. The van der Waals surface area contributed by atoms with Gasteiger partial charge in [-0.05, 0) is 18.1 Å². The molecular weight excluding hydrogens is 150 g/mol. The van der Waals surface area contributed by atoms with Crippen molar-refractivity contribution in [1.29, 1.82) is 0 Å². The number of aromatic nitrogens is 1. The Balaban J connectivity index is 2.13. The van der Waals surface area contributed by atoms with E-state index < -0.39 is 0 Å². The van der Waals surface area contributed by atoms with E-state index in [1.807, 2.05) is 18.2 Å². The molecule has 1 fully saturated rings. The lowest BCUT2D eigenvalue weighted by Crippen LogP contribution is -2.45. The van der Waals surface area contributed by atoms with Gasteiger partial charge in [0.15, 0.2) is 0 Å². The number of rotatable bonds is 1. The Bertz CT molecular complexity index is 279. The van der Waals surface area contributed by atoms with Crippen LogP contribution in [0, 0.1) is 5.92 Å². The van der Waals surface area contributed by atoms with Crippen LogP contribution in [0.3, 0.4) is 0 Å². The quantitative estimate of drug-likeness (QED) is 0.674. The zero-order valence-electron chi connectivity index (χ0n) is 7.20. The van der Waals surface area contributed by atoms with E-state index >= 15 is 0 Å². The predicted molar refractivity (Wildman–Crippen MR) is 50.0 cm³/mol. The van der Waals surface area contributed by atoms with Crippen LogP contribution in [0.25, 0.3) is 0 Å². The van der Waals surface area contributed by atoms with Gasteiger partial charge < -0.3 is 10.6 Å². The minimum atomic E-state index is 0.604. The second-order valence-electron chi connectivity index (χ2n) is 3.43. The molecule has 1 aliphatic rings. The van der Waals surface area contributed by atoms with Gasteiger partial charge in [0.2, 0.25) is 0 Å². The van der Waals surface area contributed by atoms with Gasteiger partial charge in [-0.2, -0.15) is 0 Å². The summed E-state index contributed by atoms with van der Waals surface area (Å²) in [5, 5.41) is 0. The molecule has 1 aromatic heterocycles. The van der Waals surface area contributed by atoms with Crippen LogP contribution >= 0.6 is 0 Å². The molecule has 0 aliphatic carbocycles. The van der Waals surface area contributed by atoms with Crippen molar-refractivity contribution in [3.8, 4) is 0 Å². The Morgan fingerprint density at radius 1 is 1.50 bits per heavy atom. The second-order valence-corrected chi connectivity index (χ2v) is 3.43. The first-order valence-corrected chi connectivity index (χ1v) is 4.23. The van der Waals surface area contributed by atoms with Crippen molar-refractivity contribution in [2.24, 2.45) is 5.92 Å². The summed E-state index contributed by atoms with van der Waals surface area (Å²) in [4.78, 5) is 6.47. The predicted octanol–water partition coefficient (Wildman–Crippen LogP) is 1.12. The molecule has 0 radical (unpaired) electrons. The third-order valence-corrected chi connectivity index (χ3v) is 2.14. The van der Waals surface area contributed by atoms with Crippen molar-refractivity contribution in [2.75, 3.05) is 23.7 Å². The van der Waals surface area contributed by atoms with E-state index in [1.165, 1.54) is 0 Å². The smallest absolute Gasteiger partial charge is 0.130 e. The van der Waals surface area contributed by atoms with Crippen LogP contribution in [-0.4, -0.2) is 18.1 Å². The highest BCUT2D eigenvalue weighted by atomic mass is 15.2. The first-order chi connectivity index (χ1) is 5.75. The number of anilines is 2. The van der Waals surface area contributed by atoms with Gasteiger partial charge in [-0.3, -0.25) is 0 Å². The normalized spacial score (nSPS) is 17.6. The van der Waals surface area contributed by atoms with Crippen LogP contribution in [0.1, 0.15) is 6.92 Å². The van der Waals surface area contributed by atoms with Gasteiger partial charge in [0.05, 0.1) is 0 Å². The third kappa shape index (κ3) is 1.22. The number of hydrogen-bond donors (Lipinski definition) is 1. The van der Waals surface area contributed by atoms with Gasteiger partial charge in [0.25, 0.3) is 0 Å². The lowest BCUT2D eigenvalue weighted by Gasteiger charge is -2.38. The molecule has 3 nitrogen and oxygen atoms in total. The molecule has 1 aromatic rings. The van der Waals surface area contributed by atoms with E-state index in [4.69, 9.17) is 5.73 Å². The highest BCUT2D eigenvalue weighted by Gasteiger charge is 2.23. The minimum absolute atomic E-state index is 0.604. The van der Waals surface area contributed by atoms with E-state index in [9.17, 15) is 0 Å². The summed E-state index contributed by atoms with van der Waals surface area (Å²) < 4.78 is 0. The lowest BCUT2D eigenvalue weighted by atomic mass is 10.0. The third-order valence-electron chi connectivity index (χ3n) is 2.14. The largest absolute Gasteiger partial charge is 0.384 e. The molecule has 2 rings (SSSR count). The molecule has 0 saturated carbocycles. The van der Waals surface area contributed by atoms with Crippen LogP contribution in [0.2, 0.25) is 0 Å². The highest BCUT2D eigenvalue weighted by Crippen LogP contribution is 2.22. The molecular formula is C9H13N3. The highest BCUT2D eigenvalue weighted by molar-refractivity contribution is 5.46. The van der Waals surface area contributed by atoms with Crippen molar-refractivity contribution >= 4 is 11.6 Å². The standard InChI is InChI=1S/C9H13N3/c1-7-5-12(6-7)9-4-2-3-8(10)11-9/h2-4,7H,5-6H2,1H3,(H2,10,11). The molecule has 64 valence electrons. The van der Waals surface area contributed by atoms with Crippen molar-refractivity contribution in [3.05, 3.63) is 18.2 Å². The maximum atomic E-state index is 5.57. The van der Waals surface area contributed by atoms with E-state index in [1.54, 1.807) is 0 Å². The van der Waals surface area contributed by atoms with Crippen molar-refractivity contribution in [1.82, 2.24) is 4.98 Å². The first-order valence-electron chi connectivity index (χ1n) is 4.23. The maximum absolute atomic E-state index is 5.57. The van der Waals surface area contributed by atoms with E-state index in [2.05, 4.69) is 16.8 Å². The Morgan fingerprint density at radius 3 is 2.83 bits per heavy atom. The number of pyridine rings is 1. The van der Waals surface area contributed by atoms with Gasteiger partial charge in [0.1, 0.15) is 11.6 Å². The topological polar surface area (TPSA) is 42.1 Å². The van der Waals surface area contributed by atoms with Crippen LogP contribution in [0.4, 0.5) is 11.6 Å². The molecule has 2 heterocycles. The summed E-state index contributed by atoms with van der Waals surface area (Å²) in [6, 6.07) is 5.76. The van der Waals surface area contributed by atoms with Gasteiger partial charge in [-0.25, -0.2) is 4.98 Å². The van der Waals surface area contributed by atoms with Crippen molar-refractivity contribution < 1.29 is 0 Å².